The zero-order chi connectivity index (χ0) is 25.5. The number of carboxylic acids is 1. The summed E-state index contributed by atoms with van der Waals surface area (Å²) in [5.74, 6) is -1.11. The van der Waals surface area contributed by atoms with Gasteiger partial charge in [-0.15, -0.1) is 10.2 Å². The van der Waals surface area contributed by atoms with Gasteiger partial charge in [0.15, 0.2) is 5.69 Å². The standard InChI is InChI=1S/C25H33N7O4/c1-19-22(28-32(27-19)21-9-5-4-6-10-21)23(34)30-14-11-25(12-15-30,24(35)36)17-20-18-31(29-26-20)13-7-2-3-8-16-33/h4-6,9-10,18,33H,2-3,7-8,11-17H2,1H3,(H,35,36). The highest BCUT2D eigenvalue weighted by Gasteiger charge is 2.43. The minimum atomic E-state index is -0.991. The van der Waals surface area contributed by atoms with E-state index in [4.69, 9.17) is 5.11 Å². The smallest absolute Gasteiger partial charge is 0.310 e. The molecule has 1 amide bonds. The highest BCUT2D eigenvalue weighted by molar-refractivity contribution is 5.93. The van der Waals surface area contributed by atoms with E-state index in [9.17, 15) is 14.7 Å². The largest absolute Gasteiger partial charge is 0.481 e. The quantitative estimate of drug-likeness (QED) is 0.386. The molecule has 0 atom stereocenters. The van der Waals surface area contributed by atoms with Gasteiger partial charge in [0.2, 0.25) is 0 Å². The van der Waals surface area contributed by atoms with Gasteiger partial charge < -0.3 is 15.1 Å². The predicted octanol–water partition coefficient (Wildman–Crippen LogP) is 2.27. The van der Waals surface area contributed by atoms with Crippen LogP contribution in [0.3, 0.4) is 0 Å². The van der Waals surface area contributed by atoms with Gasteiger partial charge in [-0.1, -0.05) is 36.3 Å². The molecule has 0 unspecified atom stereocenters. The molecule has 1 aliphatic rings. The van der Waals surface area contributed by atoms with Gasteiger partial charge >= 0.3 is 5.97 Å². The average Bonchev–Trinajstić information content (AvgIpc) is 3.50. The van der Waals surface area contributed by atoms with E-state index in [0.29, 0.717) is 43.9 Å². The first-order valence-electron chi connectivity index (χ1n) is 12.4. The Morgan fingerprint density at radius 2 is 1.75 bits per heavy atom. The minimum absolute atomic E-state index is 0.210. The summed E-state index contributed by atoms with van der Waals surface area (Å²) in [4.78, 5) is 28.6. The van der Waals surface area contributed by atoms with Crippen molar-refractivity contribution in [3.8, 4) is 5.69 Å². The monoisotopic (exact) mass is 495 g/mol. The number of hydrogen-bond donors (Lipinski definition) is 2. The lowest BCUT2D eigenvalue weighted by atomic mass is 9.75. The van der Waals surface area contributed by atoms with Crippen molar-refractivity contribution in [2.45, 2.75) is 58.4 Å². The molecular weight excluding hydrogens is 462 g/mol. The lowest BCUT2D eigenvalue weighted by Gasteiger charge is -2.38. The van der Waals surface area contributed by atoms with Crippen LogP contribution in [0.4, 0.5) is 0 Å². The summed E-state index contributed by atoms with van der Waals surface area (Å²) in [6, 6.07) is 9.38. The molecule has 3 heterocycles. The van der Waals surface area contributed by atoms with Gasteiger partial charge in [0, 0.05) is 38.9 Å². The summed E-state index contributed by atoms with van der Waals surface area (Å²) in [5.41, 5.74) is 1.24. The van der Waals surface area contributed by atoms with E-state index in [1.165, 1.54) is 4.80 Å². The van der Waals surface area contributed by atoms with Crippen molar-refractivity contribution < 1.29 is 19.8 Å². The Bertz CT molecular complexity index is 1170. The van der Waals surface area contributed by atoms with Crippen molar-refractivity contribution in [3.63, 3.8) is 0 Å². The minimum Gasteiger partial charge on any atom is -0.481 e. The second-order valence-corrected chi connectivity index (χ2v) is 9.42. The number of nitrogens with zero attached hydrogens (tertiary/aromatic N) is 7. The summed E-state index contributed by atoms with van der Waals surface area (Å²) in [7, 11) is 0. The van der Waals surface area contributed by atoms with Gasteiger partial charge in [0.25, 0.3) is 5.91 Å². The normalized spacial score (nSPS) is 15.2. The number of aryl methyl sites for hydroxylation is 2. The van der Waals surface area contributed by atoms with Crippen LogP contribution in [-0.2, 0) is 17.8 Å². The van der Waals surface area contributed by atoms with Crippen LogP contribution in [-0.4, -0.2) is 76.7 Å². The zero-order valence-corrected chi connectivity index (χ0v) is 20.6. The van der Waals surface area contributed by atoms with Crippen LogP contribution in [0.1, 0.15) is 60.4 Å². The maximum absolute atomic E-state index is 13.2. The number of likely N-dealkylation sites (tertiary alicyclic amines) is 1. The first-order chi connectivity index (χ1) is 17.4. The van der Waals surface area contributed by atoms with Gasteiger partial charge in [-0.2, -0.15) is 9.90 Å². The highest BCUT2D eigenvalue weighted by atomic mass is 16.4. The number of carbonyl (C=O) groups is 2. The van der Waals surface area contributed by atoms with Crippen molar-refractivity contribution in [1.82, 2.24) is 34.9 Å². The first kappa shape index (κ1) is 25.5. The maximum Gasteiger partial charge on any atom is 0.310 e. The molecule has 1 aromatic carbocycles. The molecule has 11 nitrogen and oxygen atoms in total. The zero-order valence-electron chi connectivity index (χ0n) is 20.6. The number of piperidine rings is 1. The Kier molecular flexibility index (Phi) is 8.09. The number of aliphatic hydroxyl groups is 1. The summed E-state index contributed by atoms with van der Waals surface area (Å²) in [5, 5.41) is 36.1. The number of carbonyl (C=O) groups excluding carboxylic acids is 1. The van der Waals surface area contributed by atoms with Crippen LogP contribution in [0.5, 0.6) is 0 Å². The van der Waals surface area contributed by atoms with E-state index >= 15 is 0 Å². The molecule has 1 aliphatic heterocycles. The Balaban J connectivity index is 1.37. The molecule has 4 rings (SSSR count). The summed E-state index contributed by atoms with van der Waals surface area (Å²) in [6.07, 6.45) is 6.45. The molecule has 0 saturated carbocycles. The van der Waals surface area contributed by atoms with E-state index < -0.39 is 11.4 Å². The van der Waals surface area contributed by atoms with Crippen LogP contribution < -0.4 is 0 Å². The van der Waals surface area contributed by atoms with E-state index in [-0.39, 0.29) is 24.6 Å². The molecule has 0 aliphatic carbocycles. The number of rotatable bonds is 11. The summed E-state index contributed by atoms with van der Waals surface area (Å²) < 4.78 is 1.75. The van der Waals surface area contributed by atoms with Gasteiger partial charge in [-0.05, 0) is 44.7 Å². The first-order valence-corrected chi connectivity index (χ1v) is 12.4. The van der Waals surface area contributed by atoms with Crippen molar-refractivity contribution in [2.75, 3.05) is 19.7 Å². The van der Waals surface area contributed by atoms with E-state index in [1.807, 2.05) is 36.5 Å². The molecule has 3 aromatic rings. The molecule has 36 heavy (non-hydrogen) atoms. The van der Waals surface area contributed by atoms with Crippen LogP contribution in [0.2, 0.25) is 0 Å². The van der Waals surface area contributed by atoms with Crippen molar-refractivity contribution in [1.29, 1.82) is 0 Å². The van der Waals surface area contributed by atoms with Crippen molar-refractivity contribution in [2.24, 2.45) is 5.41 Å². The highest BCUT2D eigenvalue weighted by Crippen LogP contribution is 2.35. The Hall–Kier alpha value is -3.60. The Labute approximate surface area is 209 Å². The number of para-hydroxylation sites is 1. The molecule has 0 radical (unpaired) electrons. The second-order valence-electron chi connectivity index (χ2n) is 9.42. The number of carboxylic acid groups (broad SMARTS) is 1. The van der Waals surface area contributed by atoms with Crippen LogP contribution >= 0.6 is 0 Å². The number of amides is 1. The third-order valence-electron chi connectivity index (χ3n) is 6.83. The molecule has 192 valence electrons. The van der Waals surface area contributed by atoms with Gasteiger partial charge in [-0.3, -0.25) is 14.3 Å². The SMILES string of the molecule is Cc1nn(-c2ccccc2)nc1C(=O)N1CCC(Cc2cn(CCCCCCO)nn2)(C(=O)O)CC1. The number of hydrogen-bond acceptors (Lipinski definition) is 7. The lowest BCUT2D eigenvalue weighted by molar-refractivity contribution is -0.151. The fourth-order valence-electron chi connectivity index (χ4n) is 4.62. The third-order valence-corrected chi connectivity index (χ3v) is 6.83. The number of aliphatic carboxylic acids is 1. The molecule has 2 N–H and O–H groups in total. The Morgan fingerprint density at radius 3 is 2.44 bits per heavy atom. The van der Waals surface area contributed by atoms with Gasteiger partial charge in [0.1, 0.15) is 0 Å². The number of unbranched alkanes of at least 4 members (excludes halogenated alkanes) is 3. The topological polar surface area (TPSA) is 139 Å². The number of benzene rings is 1. The molecule has 2 aromatic heterocycles. The molecule has 1 fully saturated rings. The maximum atomic E-state index is 13.2. The van der Waals surface area contributed by atoms with Crippen molar-refractivity contribution >= 4 is 11.9 Å². The molecular formula is C25H33N7O4. The predicted molar refractivity (Wildman–Crippen MR) is 131 cm³/mol. The third kappa shape index (κ3) is 5.78. The number of aromatic nitrogens is 6. The average molecular weight is 496 g/mol. The fourth-order valence-corrected chi connectivity index (χ4v) is 4.62. The summed E-state index contributed by atoms with van der Waals surface area (Å²) >= 11 is 0. The second kappa shape index (κ2) is 11.4. The van der Waals surface area contributed by atoms with Gasteiger partial charge in [0.05, 0.1) is 22.5 Å². The number of aliphatic hydroxyl groups excluding tert-OH is 1. The lowest BCUT2D eigenvalue weighted by Crippen LogP contribution is -2.47. The fraction of sp³-hybridized carbons (Fsp3) is 0.520. The van der Waals surface area contributed by atoms with Gasteiger partial charge in [-0.25, -0.2) is 0 Å². The van der Waals surface area contributed by atoms with Crippen LogP contribution in [0, 0.1) is 12.3 Å². The Morgan fingerprint density at radius 1 is 1.03 bits per heavy atom. The van der Waals surface area contributed by atoms with Crippen LogP contribution in [0.25, 0.3) is 5.69 Å². The molecule has 0 bridgehead atoms. The molecule has 0 spiro atoms. The van der Waals surface area contributed by atoms with E-state index in [1.54, 1.807) is 16.5 Å². The molecule has 11 heteroatoms. The summed E-state index contributed by atoms with van der Waals surface area (Å²) in [6.45, 7) is 3.32. The van der Waals surface area contributed by atoms with Crippen molar-refractivity contribution in [3.05, 3.63) is 53.6 Å². The van der Waals surface area contributed by atoms with E-state index in [0.717, 1.165) is 31.4 Å². The van der Waals surface area contributed by atoms with E-state index in [2.05, 4.69) is 20.5 Å². The van der Waals surface area contributed by atoms with Crippen LogP contribution in [0.15, 0.2) is 36.5 Å². The molecule has 1 saturated heterocycles.